The molecule has 0 saturated carbocycles. The standard InChI is InChI=1S/C2H6IN3/c3-1-2-5-6-4/h2,6H,1,4H2/b5-2-. The van der Waals surface area contributed by atoms with Crippen LogP contribution < -0.4 is 11.4 Å². The molecule has 0 amide bonds. The fourth-order valence-corrected chi connectivity index (χ4v) is 0.284. The Labute approximate surface area is 50.1 Å². The van der Waals surface area contributed by atoms with Gasteiger partial charge in [0, 0.05) is 10.6 Å². The second-order valence-electron chi connectivity index (χ2n) is 0.595. The molecule has 0 heterocycles. The van der Waals surface area contributed by atoms with E-state index in [9.17, 15) is 0 Å². The Morgan fingerprint density at radius 2 is 2.67 bits per heavy atom. The van der Waals surface area contributed by atoms with Crippen LogP contribution in [0.2, 0.25) is 0 Å². The van der Waals surface area contributed by atoms with Gasteiger partial charge in [-0.2, -0.15) is 5.10 Å². The molecule has 0 aliphatic carbocycles. The van der Waals surface area contributed by atoms with Gasteiger partial charge in [0.05, 0.1) is 0 Å². The summed E-state index contributed by atoms with van der Waals surface area (Å²) < 4.78 is 0.891. The average Bonchev–Trinajstić information content (AvgIpc) is 1.61. The maximum atomic E-state index is 4.76. The summed E-state index contributed by atoms with van der Waals surface area (Å²) in [5.41, 5.74) is 2.13. The van der Waals surface area contributed by atoms with Gasteiger partial charge in [0.1, 0.15) is 0 Å². The maximum Gasteiger partial charge on any atom is 0.0369 e. The number of hydrogen-bond donors (Lipinski definition) is 2. The second-order valence-corrected chi connectivity index (χ2v) is 1.48. The number of hydrazone groups is 1. The van der Waals surface area contributed by atoms with Crippen LogP contribution in [0.3, 0.4) is 0 Å². The minimum atomic E-state index is 0.891. The molecule has 0 saturated heterocycles. The van der Waals surface area contributed by atoms with Crippen molar-refractivity contribution in [3.63, 3.8) is 0 Å². The van der Waals surface area contributed by atoms with Crippen molar-refractivity contribution in [2.75, 3.05) is 4.43 Å². The minimum Gasteiger partial charge on any atom is -0.246 e. The molecule has 0 aromatic heterocycles. The first-order valence-corrected chi connectivity index (χ1v) is 2.97. The predicted octanol–water partition coefficient (Wildman–Crippen LogP) is -0.129. The van der Waals surface area contributed by atoms with Crippen molar-refractivity contribution in [3.8, 4) is 0 Å². The SMILES string of the molecule is NN/N=C\CI. The molecule has 0 spiro atoms. The molecule has 36 valence electrons. The topological polar surface area (TPSA) is 50.4 Å². The zero-order valence-corrected chi connectivity index (χ0v) is 5.34. The Bertz CT molecular complexity index is 38.1. The summed E-state index contributed by atoms with van der Waals surface area (Å²) in [6.45, 7) is 0. The quantitative estimate of drug-likeness (QED) is 0.214. The van der Waals surface area contributed by atoms with Crippen LogP contribution in [0.1, 0.15) is 0 Å². The summed E-state index contributed by atoms with van der Waals surface area (Å²) in [4.78, 5) is 0. The third-order valence-electron chi connectivity index (χ3n) is 0.235. The van der Waals surface area contributed by atoms with Gasteiger partial charge in [-0.1, -0.05) is 22.6 Å². The van der Waals surface area contributed by atoms with E-state index in [4.69, 9.17) is 5.84 Å². The molecule has 0 aromatic carbocycles. The molecule has 0 aromatic rings. The van der Waals surface area contributed by atoms with Crippen LogP contribution in [-0.2, 0) is 0 Å². The van der Waals surface area contributed by atoms with Gasteiger partial charge in [-0.15, -0.1) is 0 Å². The van der Waals surface area contributed by atoms with Crippen LogP contribution in [0, 0.1) is 0 Å². The molecule has 4 heteroatoms. The zero-order valence-electron chi connectivity index (χ0n) is 3.19. The number of hydrazine groups is 1. The Morgan fingerprint density at radius 3 is 2.83 bits per heavy atom. The number of halogens is 1. The highest BCUT2D eigenvalue weighted by atomic mass is 127. The number of nitrogens with zero attached hydrogens (tertiary/aromatic N) is 1. The number of alkyl halides is 1. The van der Waals surface area contributed by atoms with Crippen LogP contribution in [0.15, 0.2) is 5.10 Å². The Morgan fingerprint density at radius 1 is 2.00 bits per heavy atom. The molecule has 6 heavy (non-hydrogen) atoms. The van der Waals surface area contributed by atoms with E-state index in [0.29, 0.717) is 0 Å². The highest BCUT2D eigenvalue weighted by Crippen LogP contribution is 1.70. The van der Waals surface area contributed by atoms with E-state index in [-0.39, 0.29) is 0 Å². The molecule has 0 rings (SSSR count). The lowest BCUT2D eigenvalue weighted by atomic mass is 10.9. The van der Waals surface area contributed by atoms with E-state index < -0.39 is 0 Å². The monoisotopic (exact) mass is 199 g/mol. The van der Waals surface area contributed by atoms with E-state index >= 15 is 0 Å². The first kappa shape index (κ1) is 6.16. The Hall–Kier alpha value is 0.160. The lowest BCUT2D eigenvalue weighted by molar-refractivity contribution is 0.810. The van der Waals surface area contributed by atoms with Crippen molar-refractivity contribution in [2.45, 2.75) is 0 Å². The first-order chi connectivity index (χ1) is 2.91. The van der Waals surface area contributed by atoms with Crippen LogP contribution in [0.25, 0.3) is 0 Å². The highest BCUT2D eigenvalue weighted by molar-refractivity contribution is 14.1. The third-order valence-corrected chi connectivity index (χ3v) is 0.629. The van der Waals surface area contributed by atoms with Crippen molar-refractivity contribution < 1.29 is 0 Å². The number of nitrogens with two attached hydrogens (primary N) is 1. The summed E-state index contributed by atoms with van der Waals surface area (Å²) in [5.74, 6) is 4.76. The van der Waals surface area contributed by atoms with Gasteiger partial charge in [-0.3, -0.25) is 0 Å². The molecule has 0 unspecified atom stereocenters. The Balaban J connectivity index is 2.73. The molecule has 0 fully saturated rings. The first-order valence-electron chi connectivity index (χ1n) is 1.45. The lowest BCUT2D eigenvalue weighted by Crippen LogP contribution is -2.13. The van der Waals surface area contributed by atoms with Crippen molar-refractivity contribution in [2.24, 2.45) is 10.9 Å². The van der Waals surface area contributed by atoms with Crippen LogP contribution in [-0.4, -0.2) is 10.6 Å². The molecular formula is C2H6IN3. The van der Waals surface area contributed by atoms with E-state index in [2.05, 4.69) is 33.2 Å². The highest BCUT2D eigenvalue weighted by Gasteiger charge is 1.59. The number of hydrogen-bond acceptors (Lipinski definition) is 3. The second kappa shape index (κ2) is 5.16. The van der Waals surface area contributed by atoms with Crippen LogP contribution >= 0.6 is 22.6 Å². The minimum absolute atomic E-state index is 0.891. The summed E-state index contributed by atoms with van der Waals surface area (Å²) in [6, 6.07) is 0. The molecule has 0 bridgehead atoms. The van der Waals surface area contributed by atoms with Gasteiger partial charge < -0.3 is 0 Å². The summed E-state index contributed by atoms with van der Waals surface area (Å²) >= 11 is 2.17. The summed E-state index contributed by atoms with van der Waals surface area (Å²) in [6.07, 6.45) is 1.68. The van der Waals surface area contributed by atoms with Crippen molar-refractivity contribution in [3.05, 3.63) is 0 Å². The van der Waals surface area contributed by atoms with Gasteiger partial charge in [0.2, 0.25) is 0 Å². The van der Waals surface area contributed by atoms with E-state index in [1.54, 1.807) is 6.21 Å². The summed E-state index contributed by atoms with van der Waals surface area (Å²) in [5, 5.41) is 3.49. The van der Waals surface area contributed by atoms with Gasteiger partial charge in [-0.05, 0) is 0 Å². The van der Waals surface area contributed by atoms with Gasteiger partial charge >= 0.3 is 0 Å². The van der Waals surface area contributed by atoms with Gasteiger partial charge in [0.15, 0.2) is 0 Å². The van der Waals surface area contributed by atoms with Crippen molar-refractivity contribution in [1.29, 1.82) is 0 Å². The fraction of sp³-hybridized carbons (Fsp3) is 0.500. The predicted molar refractivity (Wildman–Crippen MR) is 34.7 cm³/mol. The fourth-order valence-electron chi connectivity index (χ4n) is 0.0872. The van der Waals surface area contributed by atoms with Gasteiger partial charge in [0.25, 0.3) is 0 Å². The third kappa shape index (κ3) is 4.16. The molecule has 3 nitrogen and oxygen atoms in total. The maximum absolute atomic E-state index is 4.76. The molecule has 0 aliphatic heterocycles. The molecule has 0 aliphatic rings. The lowest BCUT2D eigenvalue weighted by Gasteiger charge is -1.79. The normalized spacial score (nSPS) is 9.67. The van der Waals surface area contributed by atoms with Crippen LogP contribution in [0.4, 0.5) is 0 Å². The van der Waals surface area contributed by atoms with E-state index in [0.717, 1.165) is 4.43 Å². The van der Waals surface area contributed by atoms with Crippen LogP contribution in [0.5, 0.6) is 0 Å². The van der Waals surface area contributed by atoms with Crippen molar-refractivity contribution >= 4 is 28.8 Å². The molecule has 0 atom stereocenters. The molecular weight excluding hydrogens is 193 g/mol. The average molecular weight is 199 g/mol. The Kier molecular flexibility index (Phi) is 5.30. The van der Waals surface area contributed by atoms with E-state index in [1.807, 2.05) is 0 Å². The zero-order chi connectivity index (χ0) is 4.83. The van der Waals surface area contributed by atoms with Gasteiger partial charge in [-0.25, -0.2) is 11.4 Å². The van der Waals surface area contributed by atoms with E-state index in [1.165, 1.54) is 0 Å². The molecule has 3 N–H and O–H groups in total. The summed E-state index contributed by atoms with van der Waals surface area (Å²) in [7, 11) is 0. The molecule has 0 radical (unpaired) electrons. The number of rotatable bonds is 2. The largest absolute Gasteiger partial charge is 0.246 e. The number of nitrogens with one attached hydrogen (secondary N) is 1. The smallest absolute Gasteiger partial charge is 0.0369 e. The van der Waals surface area contributed by atoms with Crippen molar-refractivity contribution in [1.82, 2.24) is 5.53 Å².